The van der Waals surface area contributed by atoms with Gasteiger partial charge in [-0.25, -0.2) is 0 Å². The van der Waals surface area contributed by atoms with E-state index in [-0.39, 0.29) is 10.6 Å². The summed E-state index contributed by atoms with van der Waals surface area (Å²) in [4.78, 5) is 10.1. The van der Waals surface area contributed by atoms with Gasteiger partial charge in [0.2, 0.25) is 0 Å². The van der Waals surface area contributed by atoms with Crippen LogP contribution in [-0.4, -0.2) is 24.2 Å². The Balaban J connectivity index is 1.84. The standard InChI is InChI=1S/C12H16N2O3/c15-14(16)12-3-1-10(2-4-12)9-13-11-5-7-17-8-6-11/h1-4,11,13H,5-9H2. The molecule has 0 atom stereocenters. The second-order valence-electron chi connectivity index (χ2n) is 4.19. The predicted octanol–water partition coefficient (Wildman–Crippen LogP) is 1.86. The molecule has 2 rings (SSSR count). The van der Waals surface area contributed by atoms with Gasteiger partial charge in [0.25, 0.3) is 5.69 Å². The van der Waals surface area contributed by atoms with E-state index in [4.69, 9.17) is 4.74 Å². The zero-order valence-electron chi connectivity index (χ0n) is 9.59. The molecule has 5 heteroatoms. The highest BCUT2D eigenvalue weighted by Crippen LogP contribution is 2.13. The van der Waals surface area contributed by atoms with Crippen molar-refractivity contribution in [3.05, 3.63) is 39.9 Å². The number of non-ortho nitro benzene ring substituents is 1. The summed E-state index contributed by atoms with van der Waals surface area (Å²) in [7, 11) is 0. The van der Waals surface area contributed by atoms with Gasteiger partial charge in [-0.2, -0.15) is 0 Å². The predicted molar refractivity (Wildman–Crippen MR) is 63.8 cm³/mol. The van der Waals surface area contributed by atoms with Crippen molar-refractivity contribution < 1.29 is 9.66 Å². The SMILES string of the molecule is O=[N+]([O-])c1ccc(CNC2CCOCC2)cc1. The minimum atomic E-state index is -0.379. The molecule has 1 aliphatic heterocycles. The van der Waals surface area contributed by atoms with E-state index in [1.807, 2.05) is 0 Å². The van der Waals surface area contributed by atoms with E-state index in [1.54, 1.807) is 24.3 Å². The van der Waals surface area contributed by atoms with Crippen molar-refractivity contribution in [2.24, 2.45) is 0 Å². The summed E-state index contributed by atoms with van der Waals surface area (Å²) in [6, 6.07) is 7.18. The van der Waals surface area contributed by atoms with Crippen LogP contribution in [0.25, 0.3) is 0 Å². The minimum Gasteiger partial charge on any atom is -0.381 e. The van der Waals surface area contributed by atoms with Crippen molar-refractivity contribution >= 4 is 5.69 Å². The first-order chi connectivity index (χ1) is 8.25. The Labute approximate surface area is 99.9 Å². The Hall–Kier alpha value is -1.46. The molecule has 1 aliphatic rings. The lowest BCUT2D eigenvalue weighted by molar-refractivity contribution is -0.384. The van der Waals surface area contributed by atoms with E-state index in [9.17, 15) is 10.1 Å². The molecule has 1 heterocycles. The van der Waals surface area contributed by atoms with Crippen molar-refractivity contribution in [3.8, 4) is 0 Å². The average molecular weight is 236 g/mol. The van der Waals surface area contributed by atoms with Gasteiger partial charge in [0.1, 0.15) is 0 Å². The zero-order valence-corrected chi connectivity index (χ0v) is 9.59. The number of rotatable bonds is 4. The third kappa shape index (κ3) is 3.51. The number of hydrogen-bond donors (Lipinski definition) is 1. The van der Waals surface area contributed by atoms with Crippen LogP contribution in [-0.2, 0) is 11.3 Å². The number of nitro benzene ring substituents is 1. The Morgan fingerprint density at radius 2 is 1.94 bits per heavy atom. The van der Waals surface area contributed by atoms with Gasteiger partial charge in [0.05, 0.1) is 4.92 Å². The molecule has 1 saturated heterocycles. The molecule has 17 heavy (non-hydrogen) atoms. The van der Waals surface area contributed by atoms with Crippen molar-refractivity contribution in [1.29, 1.82) is 0 Å². The highest BCUT2D eigenvalue weighted by Gasteiger charge is 2.12. The van der Waals surface area contributed by atoms with Gasteiger partial charge >= 0.3 is 0 Å². The summed E-state index contributed by atoms with van der Waals surface area (Å²) in [6.45, 7) is 2.39. The maximum absolute atomic E-state index is 10.5. The zero-order chi connectivity index (χ0) is 12.1. The molecule has 0 radical (unpaired) electrons. The molecule has 92 valence electrons. The number of nitrogens with one attached hydrogen (secondary N) is 1. The first-order valence-corrected chi connectivity index (χ1v) is 5.80. The molecular formula is C12H16N2O3. The highest BCUT2D eigenvalue weighted by molar-refractivity contribution is 5.32. The van der Waals surface area contributed by atoms with Gasteiger partial charge in [-0.1, -0.05) is 12.1 Å². The van der Waals surface area contributed by atoms with E-state index < -0.39 is 0 Å². The molecule has 0 spiro atoms. The summed E-state index contributed by atoms with van der Waals surface area (Å²) >= 11 is 0. The number of nitrogens with zero attached hydrogens (tertiary/aromatic N) is 1. The van der Waals surface area contributed by atoms with Gasteiger partial charge in [-0.3, -0.25) is 10.1 Å². The van der Waals surface area contributed by atoms with Crippen LogP contribution in [0.5, 0.6) is 0 Å². The van der Waals surface area contributed by atoms with E-state index in [0.29, 0.717) is 6.04 Å². The second kappa shape index (κ2) is 5.75. The number of nitro groups is 1. The van der Waals surface area contributed by atoms with Crippen molar-refractivity contribution in [3.63, 3.8) is 0 Å². The maximum Gasteiger partial charge on any atom is 0.269 e. The van der Waals surface area contributed by atoms with Crippen LogP contribution in [0.3, 0.4) is 0 Å². The third-order valence-electron chi connectivity index (χ3n) is 2.96. The van der Waals surface area contributed by atoms with Crippen LogP contribution in [0.15, 0.2) is 24.3 Å². The quantitative estimate of drug-likeness (QED) is 0.640. The van der Waals surface area contributed by atoms with Crippen LogP contribution < -0.4 is 5.32 Å². The van der Waals surface area contributed by atoms with Gasteiger partial charge < -0.3 is 10.1 Å². The first-order valence-electron chi connectivity index (χ1n) is 5.80. The van der Waals surface area contributed by atoms with Crippen molar-refractivity contribution in [2.45, 2.75) is 25.4 Å². The fraction of sp³-hybridized carbons (Fsp3) is 0.500. The maximum atomic E-state index is 10.5. The monoisotopic (exact) mass is 236 g/mol. The Bertz CT molecular complexity index is 372. The summed E-state index contributed by atoms with van der Waals surface area (Å²) < 4.78 is 5.28. The molecule has 0 saturated carbocycles. The van der Waals surface area contributed by atoms with Crippen molar-refractivity contribution in [2.75, 3.05) is 13.2 Å². The van der Waals surface area contributed by atoms with Crippen LogP contribution in [0.2, 0.25) is 0 Å². The van der Waals surface area contributed by atoms with Crippen LogP contribution >= 0.6 is 0 Å². The smallest absolute Gasteiger partial charge is 0.269 e. The lowest BCUT2D eigenvalue weighted by Gasteiger charge is -2.23. The molecule has 0 bridgehead atoms. The van der Waals surface area contributed by atoms with Crippen LogP contribution in [0.4, 0.5) is 5.69 Å². The molecule has 0 aliphatic carbocycles. The summed E-state index contributed by atoms with van der Waals surface area (Å²) in [6.07, 6.45) is 2.07. The van der Waals surface area contributed by atoms with E-state index in [0.717, 1.165) is 38.2 Å². The summed E-state index contributed by atoms with van der Waals surface area (Å²) in [5.74, 6) is 0. The molecule has 1 aromatic carbocycles. The van der Waals surface area contributed by atoms with Gasteiger partial charge in [0, 0.05) is 37.9 Å². The first kappa shape index (κ1) is 12.0. The van der Waals surface area contributed by atoms with Crippen molar-refractivity contribution in [1.82, 2.24) is 5.32 Å². The number of benzene rings is 1. The average Bonchev–Trinajstić information content (AvgIpc) is 2.38. The van der Waals surface area contributed by atoms with Crippen LogP contribution in [0, 0.1) is 10.1 Å². The highest BCUT2D eigenvalue weighted by atomic mass is 16.6. The normalized spacial score (nSPS) is 16.9. The molecule has 0 aromatic heterocycles. The Morgan fingerprint density at radius 1 is 1.29 bits per heavy atom. The topological polar surface area (TPSA) is 64.4 Å². The van der Waals surface area contributed by atoms with Gasteiger partial charge in [-0.05, 0) is 18.4 Å². The van der Waals surface area contributed by atoms with E-state index >= 15 is 0 Å². The second-order valence-corrected chi connectivity index (χ2v) is 4.19. The molecular weight excluding hydrogens is 220 g/mol. The molecule has 1 fully saturated rings. The number of ether oxygens (including phenoxy) is 1. The van der Waals surface area contributed by atoms with Gasteiger partial charge in [0.15, 0.2) is 0 Å². The molecule has 0 amide bonds. The Morgan fingerprint density at radius 3 is 2.53 bits per heavy atom. The fourth-order valence-electron chi connectivity index (χ4n) is 1.90. The largest absolute Gasteiger partial charge is 0.381 e. The van der Waals surface area contributed by atoms with Crippen LogP contribution in [0.1, 0.15) is 18.4 Å². The molecule has 1 aromatic rings. The third-order valence-corrected chi connectivity index (χ3v) is 2.96. The minimum absolute atomic E-state index is 0.139. The summed E-state index contributed by atoms with van der Waals surface area (Å²) in [5.41, 5.74) is 1.21. The summed E-state index contributed by atoms with van der Waals surface area (Å²) in [5, 5.41) is 13.9. The fourth-order valence-corrected chi connectivity index (χ4v) is 1.90. The molecule has 5 nitrogen and oxygen atoms in total. The van der Waals surface area contributed by atoms with E-state index in [1.165, 1.54) is 0 Å². The molecule has 1 N–H and O–H groups in total. The lowest BCUT2D eigenvalue weighted by Crippen LogP contribution is -2.34. The van der Waals surface area contributed by atoms with Gasteiger partial charge in [-0.15, -0.1) is 0 Å². The van der Waals surface area contributed by atoms with E-state index in [2.05, 4.69) is 5.32 Å². The number of hydrogen-bond acceptors (Lipinski definition) is 4. The molecule has 0 unspecified atom stereocenters. The lowest BCUT2D eigenvalue weighted by atomic mass is 10.1. The Kier molecular flexibility index (Phi) is 4.06.